The van der Waals surface area contributed by atoms with Crippen LogP contribution < -0.4 is 9.47 Å². The van der Waals surface area contributed by atoms with Crippen LogP contribution in [0.1, 0.15) is 28.7 Å². The van der Waals surface area contributed by atoms with Crippen LogP contribution in [0.5, 0.6) is 11.5 Å². The Morgan fingerprint density at radius 1 is 1.29 bits per heavy atom. The molecule has 0 atom stereocenters. The average Bonchev–Trinajstić information content (AvgIpc) is 3.24. The fourth-order valence-electron chi connectivity index (χ4n) is 3.02. The summed E-state index contributed by atoms with van der Waals surface area (Å²) in [4.78, 5) is 19.1. The first-order valence-corrected chi connectivity index (χ1v) is 8.06. The maximum Gasteiger partial charge on any atom is 0.254 e. The van der Waals surface area contributed by atoms with E-state index in [9.17, 15) is 4.79 Å². The van der Waals surface area contributed by atoms with Crippen LogP contribution in [0.3, 0.4) is 0 Å². The van der Waals surface area contributed by atoms with Crippen LogP contribution in [-0.2, 0) is 24.4 Å². The van der Waals surface area contributed by atoms with E-state index in [0.717, 1.165) is 17.9 Å². The van der Waals surface area contributed by atoms with Crippen molar-refractivity contribution in [3.05, 3.63) is 41.5 Å². The SMILES string of the molecule is CCOCc1ncn2c1CN(C(=O)c1ccc3c(c1)OCO3)CC2. The first-order valence-electron chi connectivity index (χ1n) is 8.06. The monoisotopic (exact) mass is 329 g/mol. The van der Waals surface area contributed by atoms with Gasteiger partial charge < -0.3 is 23.7 Å². The summed E-state index contributed by atoms with van der Waals surface area (Å²) in [5.41, 5.74) is 2.56. The van der Waals surface area contributed by atoms with Gasteiger partial charge in [0.25, 0.3) is 5.91 Å². The first kappa shape index (κ1) is 15.0. The lowest BCUT2D eigenvalue weighted by Gasteiger charge is -2.29. The molecule has 1 amide bonds. The molecular weight excluding hydrogens is 310 g/mol. The molecule has 3 heterocycles. The Kier molecular flexibility index (Phi) is 3.86. The number of benzene rings is 1. The van der Waals surface area contributed by atoms with Gasteiger partial charge in [-0.15, -0.1) is 0 Å². The highest BCUT2D eigenvalue weighted by Crippen LogP contribution is 2.33. The molecule has 0 bridgehead atoms. The molecule has 0 unspecified atom stereocenters. The van der Waals surface area contributed by atoms with Gasteiger partial charge in [-0.3, -0.25) is 4.79 Å². The van der Waals surface area contributed by atoms with Crippen LogP contribution in [0.2, 0.25) is 0 Å². The number of aromatic nitrogens is 2. The Hall–Kier alpha value is -2.54. The second kappa shape index (κ2) is 6.16. The molecule has 0 fully saturated rings. The third-order valence-corrected chi connectivity index (χ3v) is 4.33. The third kappa shape index (κ3) is 2.60. The van der Waals surface area contributed by atoms with E-state index in [1.165, 1.54) is 0 Å². The molecule has 0 saturated heterocycles. The highest BCUT2D eigenvalue weighted by molar-refractivity contribution is 5.95. The standard InChI is InChI=1S/C17H19N3O4/c1-2-22-9-13-14-8-19(5-6-20(14)10-18-13)17(21)12-3-4-15-16(7-12)24-11-23-15/h3-4,7,10H,2,5-6,8-9,11H2,1H3. The number of nitrogens with zero attached hydrogens (tertiary/aromatic N) is 3. The van der Waals surface area contributed by atoms with E-state index in [1.54, 1.807) is 18.2 Å². The summed E-state index contributed by atoms with van der Waals surface area (Å²) in [7, 11) is 0. The van der Waals surface area contributed by atoms with Gasteiger partial charge in [0.05, 0.1) is 30.9 Å². The minimum absolute atomic E-state index is 0.0110. The molecule has 7 heteroatoms. The minimum atomic E-state index is -0.0110. The van der Waals surface area contributed by atoms with Crippen LogP contribution >= 0.6 is 0 Å². The normalized spacial score (nSPS) is 15.5. The molecule has 2 aromatic rings. The van der Waals surface area contributed by atoms with Crippen molar-refractivity contribution in [3.8, 4) is 11.5 Å². The van der Waals surface area contributed by atoms with Gasteiger partial charge in [0.1, 0.15) is 0 Å². The topological polar surface area (TPSA) is 65.8 Å². The lowest BCUT2D eigenvalue weighted by atomic mass is 10.1. The Morgan fingerprint density at radius 2 is 2.17 bits per heavy atom. The number of carbonyl (C=O) groups excluding carboxylic acids is 1. The fourth-order valence-corrected chi connectivity index (χ4v) is 3.02. The number of amides is 1. The fraction of sp³-hybridized carbons (Fsp3) is 0.412. The molecule has 1 aromatic carbocycles. The molecule has 4 rings (SSSR count). The van der Waals surface area contributed by atoms with Gasteiger partial charge in [-0.25, -0.2) is 4.98 Å². The molecule has 0 radical (unpaired) electrons. The van der Waals surface area contributed by atoms with Crippen LogP contribution in [-0.4, -0.2) is 40.3 Å². The van der Waals surface area contributed by atoms with Crippen molar-refractivity contribution in [3.63, 3.8) is 0 Å². The number of carbonyl (C=O) groups is 1. The number of ether oxygens (including phenoxy) is 3. The molecule has 0 saturated carbocycles. The van der Waals surface area contributed by atoms with Gasteiger partial charge in [-0.05, 0) is 25.1 Å². The van der Waals surface area contributed by atoms with Crippen molar-refractivity contribution in [2.24, 2.45) is 0 Å². The van der Waals surface area contributed by atoms with Gasteiger partial charge in [-0.1, -0.05) is 0 Å². The van der Waals surface area contributed by atoms with Crippen LogP contribution in [0, 0.1) is 0 Å². The Labute approximate surface area is 139 Å². The maximum absolute atomic E-state index is 12.8. The van der Waals surface area contributed by atoms with E-state index in [0.29, 0.717) is 43.4 Å². The van der Waals surface area contributed by atoms with E-state index < -0.39 is 0 Å². The highest BCUT2D eigenvalue weighted by atomic mass is 16.7. The van der Waals surface area contributed by atoms with Crippen LogP contribution in [0.4, 0.5) is 0 Å². The third-order valence-electron chi connectivity index (χ3n) is 4.33. The van der Waals surface area contributed by atoms with Gasteiger partial charge in [0.15, 0.2) is 11.5 Å². The Balaban J connectivity index is 1.53. The zero-order chi connectivity index (χ0) is 16.5. The van der Waals surface area contributed by atoms with Crippen molar-refractivity contribution in [1.82, 2.24) is 14.5 Å². The number of rotatable bonds is 4. The number of imidazole rings is 1. The predicted octanol–water partition coefficient (Wildman–Crippen LogP) is 1.80. The molecule has 0 spiro atoms. The van der Waals surface area contributed by atoms with Crippen molar-refractivity contribution in [2.45, 2.75) is 26.6 Å². The zero-order valence-corrected chi connectivity index (χ0v) is 13.5. The summed E-state index contributed by atoms with van der Waals surface area (Å²) in [5.74, 6) is 1.30. The smallest absolute Gasteiger partial charge is 0.254 e. The molecule has 7 nitrogen and oxygen atoms in total. The lowest BCUT2D eigenvalue weighted by Crippen LogP contribution is -2.38. The summed E-state index contributed by atoms with van der Waals surface area (Å²) < 4.78 is 18.2. The molecule has 126 valence electrons. The van der Waals surface area contributed by atoms with Crippen molar-refractivity contribution in [2.75, 3.05) is 19.9 Å². The predicted molar refractivity (Wildman–Crippen MR) is 84.9 cm³/mol. The number of fused-ring (bicyclic) bond motifs is 2. The molecular formula is C17H19N3O4. The largest absolute Gasteiger partial charge is 0.454 e. The summed E-state index contributed by atoms with van der Waals surface area (Å²) >= 11 is 0. The van der Waals surface area contributed by atoms with E-state index in [1.807, 2.05) is 18.2 Å². The van der Waals surface area contributed by atoms with Crippen LogP contribution in [0.25, 0.3) is 0 Å². The van der Waals surface area contributed by atoms with Gasteiger partial charge in [-0.2, -0.15) is 0 Å². The second-order valence-electron chi connectivity index (χ2n) is 5.76. The summed E-state index contributed by atoms with van der Waals surface area (Å²) in [6.45, 7) is 5.22. The maximum atomic E-state index is 12.8. The molecule has 2 aliphatic rings. The second-order valence-corrected chi connectivity index (χ2v) is 5.76. The van der Waals surface area contributed by atoms with Gasteiger partial charge in [0, 0.05) is 25.3 Å². The molecule has 0 N–H and O–H groups in total. The minimum Gasteiger partial charge on any atom is -0.454 e. The van der Waals surface area contributed by atoms with Crippen molar-refractivity contribution in [1.29, 1.82) is 0 Å². The average molecular weight is 329 g/mol. The zero-order valence-electron chi connectivity index (χ0n) is 13.5. The van der Waals surface area contributed by atoms with Crippen LogP contribution in [0.15, 0.2) is 24.5 Å². The molecule has 24 heavy (non-hydrogen) atoms. The van der Waals surface area contributed by atoms with Crippen molar-refractivity contribution >= 4 is 5.91 Å². The summed E-state index contributed by atoms with van der Waals surface area (Å²) in [5, 5.41) is 0. The first-order chi connectivity index (χ1) is 11.8. The quantitative estimate of drug-likeness (QED) is 0.856. The van der Waals surface area contributed by atoms with E-state index >= 15 is 0 Å². The van der Waals surface area contributed by atoms with E-state index in [2.05, 4.69) is 9.55 Å². The molecule has 2 aliphatic heterocycles. The number of hydrogen-bond donors (Lipinski definition) is 0. The lowest BCUT2D eigenvalue weighted by molar-refractivity contribution is 0.0706. The van der Waals surface area contributed by atoms with Crippen molar-refractivity contribution < 1.29 is 19.0 Å². The Bertz CT molecular complexity index is 771. The summed E-state index contributed by atoms with van der Waals surface area (Å²) in [6.07, 6.45) is 1.83. The molecule has 1 aromatic heterocycles. The van der Waals surface area contributed by atoms with E-state index in [4.69, 9.17) is 14.2 Å². The highest BCUT2D eigenvalue weighted by Gasteiger charge is 2.26. The Morgan fingerprint density at radius 3 is 3.04 bits per heavy atom. The molecule has 0 aliphatic carbocycles. The number of hydrogen-bond acceptors (Lipinski definition) is 5. The van der Waals surface area contributed by atoms with E-state index in [-0.39, 0.29) is 12.7 Å². The van der Waals surface area contributed by atoms with Gasteiger partial charge in [0.2, 0.25) is 6.79 Å². The summed E-state index contributed by atoms with van der Waals surface area (Å²) in [6, 6.07) is 5.31. The van der Waals surface area contributed by atoms with Gasteiger partial charge >= 0.3 is 0 Å².